The van der Waals surface area contributed by atoms with Gasteiger partial charge >= 0.3 is 5.97 Å². The molecule has 1 N–H and O–H groups in total. The first-order valence-corrected chi connectivity index (χ1v) is 7.46. The van der Waals surface area contributed by atoms with E-state index in [9.17, 15) is 4.79 Å². The highest BCUT2D eigenvalue weighted by Crippen LogP contribution is 2.29. The first-order chi connectivity index (χ1) is 10.3. The summed E-state index contributed by atoms with van der Waals surface area (Å²) >= 11 is 0. The maximum Gasteiger partial charge on any atom is 0.308 e. The normalized spacial score (nSPS) is 22.0. The minimum absolute atomic E-state index is 0.0635. The Hall–Kier alpha value is -2.10. The van der Waals surface area contributed by atoms with Gasteiger partial charge in [0.05, 0.1) is 13.0 Å². The molecule has 0 unspecified atom stereocenters. The van der Waals surface area contributed by atoms with Crippen molar-refractivity contribution in [2.75, 3.05) is 12.4 Å². The number of pyridine rings is 1. The Morgan fingerprint density at radius 1 is 1.19 bits per heavy atom. The van der Waals surface area contributed by atoms with Gasteiger partial charge in [-0.15, -0.1) is 0 Å². The molecule has 1 fully saturated rings. The van der Waals surface area contributed by atoms with Gasteiger partial charge in [0.15, 0.2) is 0 Å². The van der Waals surface area contributed by atoms with Gasteiger partial charge in [0, 0.05) is 17.6 Å². The van der Waals surface area contributed by atoms with Crippen LogP contribution in [0.3, 0.4) is 0 Å². The molecule has 21 heavy (non-hydrogen) atoms. The number of carbonyl (C=O) groups is 1. The van der Waals surface area contributed by atoms with Crippen molar-refractivity contribution in [2.24, 2.45) is 5.92 Å². The van der Waals surface area contributed by atoms with Crippen molar-refractivity contribution < 1.29 is 9.53 Å². The van der Waals surface area contributed by atoms with Gasteiger partial charge in [-0.2, -0.15) is 0 Å². The highest BCUT2D eigenvalue weighted by Gasteiger charge is 2.27. The summed E-state index contributed by atoms with van der Waals surface area (Å²) in [4.78, 5) is 16.0. The molecule has 0 amide bonds. The van der Waals surface area contributed by atoms with Crippen LogP contribution in [0.5, 0.6) is 0 Å². The second kappa shape index (κ2) is 6.12. The summed E-state index contributed by atoms with van der Waals surface area (Å²) < 4.78 is 4.83. The van der Waals surface area contributed by atoms with Gasteiger partial charge in [-0.1, -0.05) is 24.3 Å². The molecule has 4 heteroatoms. The number of nitrogens with zero attached hydrogens (tertiary/aromatic N) is 1. The van der Waals surface area contributed by atoms with Crippen molar-refractivity contribution in [3.8, 4) is 0 Å². The second-order valence-electron chi connectivity index (χ2n) is 5.60. The molecule has 1 aliphatic carbocycles. The van der Waals surface area contributed by atoms with Crippen molar-refractivity contribution in [3.05, 3.63) is 36.5 Å². The summed E-state index contributed by atoms with van der Waals surface area (Å²) in [7, 11) is 1.46. The lowest BCUT2D eigenvalue weighted by atomic mass is 9.86. The lowest BCUT2D eigenvalue weighted by Gasteiger charge is -2.28. The summed E-state index contributed by atoms with van der Waals surface area (Å²) in [5, 5.41) is 5.88. The SMILES string of the molecule is COC(=O)C1CCC(Nc2nccc3ccccc23)CC1. The Labute approximate surface area is 124 Å². The number of methoxy groups -OCH3 is 1. The molecule has 110 valence electrons. The Balaban J connectivity index is 1.69. The zero-order valence-electron chi connectivity index (χ0n) is 12.2. The predicted octanol–water partition coefficient (Wildman–Crippen LogP) is 3.38. The molecule has 0 bridgehead atoms. The number of hydrogen-bond donors (Lipinski definition) is 1. The zero-order valence-corrected chi connectivity index (χ0v) is 12.2. The Kier molecular flexibility index (Phi) is 4.04. The van der Waals surface area contributed by atoms with Crippen LogP contribution in [0.1, 0.15) is 25.7 Å². The van der Waals surface area contributed by atoms with Gasteiger partial charge in [0.1, 0.15) is 5.82 Å². The van der Waals surface area contributed by atoms with E-state index in [-0.39, 0.29) is 11.9 Å². The lowest BCUT2D eigenvalue weighted by Crippen LogP contribution is -2.30. The van der Waals surface area contributed by atoms with E-state index in [1.807, 2.05) is 24.4 Å². The molecule has 4 nitrogen and oxygen atoms in total. The molecule has 0 atom stereocenters. The molecule has 1 aliphatic rings. The van der Waals surface area contributed by atoms with Crippen LogP contribution in [0.25, 0.3) is 10.8 Å². The fraction of sp³-hybridized carbons (Fsp3) is 0.412. The molecule has 0 aliphatic heterocycles. The molecule has 1 heterocycles. The van der Waals surface area contributed by atoms with E-state index in [1.54, 1.807) is 0 Å². The summed E-state index contributed by atoms with van der Waals surface area (Å²) in [6.07, 6.45) is 5.56. The molecular formula is C17H20N2O2. The van der Waals surface area contributed by atoms with E-state index >= 15 is 0 Å². The van der Waals surface area contributed by atoms with Crippen molar-refractivity contribution in [2.45, 2.75) is 31.7 Å². The van der Waals surface area contributed by atoms with Crippen LogP contribution in [-0.4, -0.2) is 24.1 Å². The number of anilines is 1. The van der Waals surface area contributed by atoms with Crippen LogP contribution in [-0.2, 0) is 9.53 Å². The van der Waals surface area contributed by atoms with Crippen LogP contribution in [0, 0.1) is 5.92 Å². The molecule has 2 aromatic rings. The summed E-state index contributed by atoms with van der Waals surface area (Å²) in [5.74, 6) is 0.930. The number of benzene rings is 1. The third-order valence-corrected chi connectivity index (χ3v) is 4.28. The average molecular weight is 284 g/mol. The largest absolute Gasteiger partial charge is 0.469 e. The van der Waals surface area contributed by atoms with Crippen LogP contribution in [0.4, 0.5) is 5.82 Å². The third kappa shape index (κ3) is 2.99. The molecular weight excluding hydrogens is 264 g/mol. The smallest absolute Gasteiger partial charge is 0.308 e. The third-order valence-electron chi connectivity index (χ3n) is 4.28. The number of ether oxygens (including phenoxy) is 1. The van der Waals surface area contributed by atoms with E-state index in [0.717, 1.165) is 36.9 Å². The van der Waals surface area contributed by atoms with Gasteiger partial charge < -0.3 is 10.1 Å². The molecule has 1 saturated carbocycles. The first-order valence-electron chi connectivity index (χ1n) is 7.46. The second-order valence-corrected chi connectivity index (χ2v) is 5.60. The molecule has 3 rings (SSSR count). The van der Waals surface area contributed by atoms with Crippen LogP contribution < -0.4 is 5.32 Å². The predicted molar refractivity (Wildman–Crippen MR) is 83.1 cm³/mol. The van der Waals surface area contributed by atoms with Crippen LogP contribution in [0.15, 0.2) is 36.5 Å². The fourth-order valence-electron chi connectivity index (χ4n) is 3.07. The minimum atomic E-state index is -0.0725. The standard InChI is InChI=1S/C17H20N2O2/c1-21-17(20)13-6-8-14(9-7-13)19-16-15-5-3-2-4-12(15)10-11-18-16/h2-5,10-11,13-14H,6-9H2,1H3,(H,18,19). The fourth-order valence-corrected chi connectivity index (χ4v) is 3.07. The Bertz CT molecular complexity index is 628. The highest BCUT2D eigenvalue weighted by atomic mass is 16.5. The maximum atomic E-state index is 11.6. The topological polar surface area (TPSA) is 51.2 Å². The number of carbonyl (C=O) groups excluding carboxylic acids is 1. The molecule has 1 aromatic carbocycles. The van der Waals surface area contributed by atoms with E-state index in [1.165, 1.54) is 12.5 Å². The average Bonchev–Trinajstić information content (AvgIpc) is 2.55. The molecule has 0 saturated heterocycles. The molecule has 0 radical (unpaired) electrons. The first kappa shape index (κ1) is 13.9. The van der Waals surface area contributed by atoms with E-state index in [4.69, 9.17) is 4.74 Å². The highest BCUT2D eigenvalue weighted by molar-refractivity contribution is 5.91. The Morgan fingerprint density at radius 2 is 1.95 bits per heavy atom. The zero-order chi connectivity index (χ0) is 14.7. The minimum Gasteiger partial charge on any atom is -0.469 e. The van der Waals surface area contributed by atoms with Crippen molar-refractivity contribution in [1.29, 1.82) is 0 Å². The number of aromatic nitrogens is 1. The molecule has 1 aromatic heterocycles. The van der Waals surface area contributed by atoms with Gasteiger partial charge in [0.2, 0.25) is 0 Å². The van der Waals surface area contributed by atoms with Crippen molar-refractivity contribution in [1.82, 2.24) is 4.98 Å². The van der Waals surface area contributed by atoms with Gasteiger partial charge in [-0.25, -0.2) is 4.98 Å². The monoisotopic (exact) mass is 284 g/mol. The van der Waals surface area contributed by atoms with Gasteiger partial charge in [-0.05, 0) is 37.1 Å². The van der Waals surface area contributed by atoms with Crippen molar-refractivity contribution in [3.63, 3.8) is 0 Å². The Morgan fingerprint density at radius 3 is 2.71 bits per heavy atom. The maximum absolute atomic E-state index is 11.6. The number of fused-ring (bicyclic) bond motifs is 1. The number of esters is 1. The summed E-state index contributed by atoms with van der Waals surface area (Å²) in [5.41, 5.74) is 0. The lowest BCUT2D eigenvalue weighted by molar-refractivity contribution is -0.146. The number of nitrogens with one attached hydrogen (secondary N) is 1. The van der Waals surface area contributed by atoms with Crippen LogP contribution >= 0.6 is 0 Å². The van der Waals surface area contributed by atoms with Crippen LogP contribution in [0.2, 0.25) is 0 Å². The van der Waals surface area contributed by atoms with E-state index in [2.05, 4.69) is 22.4 Å². The van der Waals surface area contributed by atoms with E-state index in [0.29, 0.717) is 6.04 Å². The number of rotatable bonds is 3. The molecule has 0 spiro atoms. The summed E-state index contributed by atoms with van der Waals surface area (Å²) in [6, 6.07) is 10.6. The quantitative estimate of drug-likeness (QED) is 0.878. The van der Waals surface area contributed by atoms with Gasteiger partial charge in [0.25, 0.3) is 0 Å². The van der Waals surface area contributed by atoms with Gasteiger partial charge in [-0.3, -0.25) is 4.79 Å². The van der Waals surface area contributed by atoms with Crippen molar-refractivity contribution >= 4 is 22.6 Å². The number of hydrogen-bond acceptors (Lipinski definition) is 4. The summed E-state index contributed by atoms with van der Waals surface area (Å²) in [6.45, 7) is 0. The van der Waals surface area contributed by atoms with E-state index < -0.39 is 0 Å².